The van der Waals surface area contributed by atoms with Crippen LogP contribution in [0.1, 0.15) is 38.2 Å². The second-order valence-corrected chi connectivity index (χ2v) is 7.80. The molecular weight excluding hydrogens is 272 g/mol. The van der Waals surface area contributed by atoms with Gasteiger partial charge in [0, 0.05) is 12.2 Å². The predicted octanol–water partition coefficient (Wildman–Crippen LogP) is 2.51. The van der Waals surface area contributed by atoms with Crippen LogP contribution in [0.25, 0.3) is 0 Å². The number of sulfonamides is 1. The number of nitrogen functional groups attached to an aromatic ring is 1. The summed E-state index contributed by atoms with van der Waals surface area (Å²) in [6.07, 6.45) is 4.74. The van der Waals surface area contributed by atoms with E-state index in [1.807, 2.05) is 0 Å². The van der Waals surface area contributed by atoms with Crippen molar-refractivity contribution in [1.82, 2.24) is 4.72 Å². The minimum atomic E-state index is -3.27. The lowest BCUT2D eigenvalue weighted by Gasteiger charge is -2.26. The molecule has 0 saturated heterocycles. The van der Waals surface area contributed by atoms with E-state index >= 15 is 0 Å². The average molecular weight is 296 g/mol. The summed E-state index contributed by atoms with van der Waals surface area (Å²) < 4.78 is 26.9. The van der Waals surface area contributed by atoms with Crippen LogP contribution in [0, 0.1) is 11.8 Å². The molecule has 2 atom stereocenters. The summed E-state index contributed by atoms with van der Waals surface area (Å²) in [6.45, 7) is 2.81. The molecule has 0 bridgehead atoms. The van der Waals surface area contributed by atoms with Crippen molar-refractivity contribution in [3.8, 4) is 0 Å². The summed E-state index contributed by atoms with van der Waals surface area (Å²) in [4.78, 5) is 0. The van der Waals surface area contributed by atoms with Crippen molar-refractivity contribution >= 4 is 15.7 Å². The fourth-order valence-corrected chi connectivity index (χ4v) is 4.15. The van der Waals surface area contributed by atoms with Gasteiger partial charge in [-0.1, -0.05) is 31.9 Å². The molecule has 0 aromatic heterocycles. The quantitative estimate of drug-likeness (QED) is 0.820. The van der Waals surface area contributed by atoms with Gasteiger partial charge in [0.05, 0.1) is 5.75 Å². The number of hydrogen-bond donors (Lipinski definition) is 2. The van der Waals surface area contributed by atoms with Crippen LogP contribution in [0.15, 0.2) is 24.3 Å². The maximum absolute atomic E-state index is 12.1. The Kier molecular flexibility index (Phi) is 5.05. The van der Waals surface area contributed by atoms with Gasteiger partial charge in [-0.15, -0.1) is 0 Å². The largest absolute Gasteiger partial charge is 0.399 e. The third-order valence-corrected chi connectivity index (χ3v) is 5.26. The summed E-state index contributed by atoms with van der Waals surface area (Å²) >= 11 is 0. The Morgan fingerprint density at radius 3 is 2.85 bits per heavy atom. The normalized spacial score (nSPS) is 23.6. The monoisotopic (exact) mass is 296 g/mol. The van der Waals surface area contributed by atoms with E-state index in [0.717, 1.165) is 18.4 Å². The zero-order chi connectivity index (χ0) is 14.6. The Bertz CT molecular complexity index is 543. The van der Waals surface area contributed by atoms with Crippen LogP contribution in [0.5, 0.6) is 0 Å². The van der Waals surface area contributed by atoms with Crippen molar-refractivity contribution in [2.45, 2.75) is 38.4 Å². The summed E-state index contributed by atoms with van der Waals surface area (Å²) in [5, 5.41) is 0. The van der Waals surface area contributed by atoms with Crippen molar-refractivity contribution in [3.63, 3.8) is 0 Å². The van der Waals surface area contributed by atoms with Gasteiger partial charge >= 0.3 is 0 Å². The van der Waals surface area contributed by atoms with E-state index in [-0.39, 0.29) is 5.75 Å². The number of rotatable bonds is 5. The van der Waals surface area contributed by atoms with Crippen LogP contribution in [0.4, 0.5) is 5.69 Å². The third-order valence-electron chi connectivity index (χ3n) is 3.94. The predicted molar refractivity (Wildman–Crippen MR) is 82.6 cm³/mol. The number of anilines is 1. The van der Waals surface area contributed by atoms with Gasteiger partial charge in [-0.25, -0.2) is 13.1 Å². The molecular formula is C15H24N2O2S. The Labute approximate surface area is 121 Å². The van der Waals surface area contributed by atoms with Crippen molar-refractivity contribution in [3.05, 3.63) is 29.8 Å². The standard InChI is InChI=1S/C15H24N2O2S/c1-12-4-2-5-13(8-12)10-17-20(18,19)11-14-6-3-7-15(16)9-14/h3,6-7,9,12-13,17H,2,4-5,8,10-11,16H2,1H3. The molecule has 0 heterocycles. The van der Waals surface area contributed by atoms with Crippen LogP contribution >= 0.6 is 0 Å². The first-order chi connectivity index (χ1) is 9.44. The van der Waals surface area contributed by atoms with Gasteiger partial charge < -0.3 is 5.73 Å². The molecule has 1 aliphatic carbocycles. The minimum Gasteiger partial charge on any atom is -0.399 e. The van der Waals surface area contributed by atoms with E-state index in [1.54, 1.807) is 24.3 Å². The number of nitrogens with one attached hydrogen (secondary N) is 1. The van der Waals surface area contributed by atoms with Crippen molar-refractivity contribution in [2.24, 2.45) is 11.8 Å². The highest BCUT2D eigenvalue weighted by molar-refractivity contribution is 7.88. The minimum absolute atomic E-state index is 0.000311. The first-order valence-corrected chi connectivity index (χ1v) is 8.91. The summed E-state index contributed by atoms with van der Waals surface area (Å²) in [7, 11) is -3.27. The number of hydrogen-bond acceptors (Lipinski definition) is 3. The first kappa shape index (κ1) is 15.3. The highest BCUT2D eigenvalue weighted by atomic mass is 32.2. The molecule has 5 heteroatoms. The zero-order valence-corrected chi connectivity index (χ0v) is 12.8. The zero-order valence-electron chi connectivity index (χ0n) is 12.0. The Morgan fingerprint density at radius 2 is 2.15 bits per heavy atom. The first-order valence-electron chi connectivity index (χ1n) is 7.26. The average Bonchev–Trinajstić information content (AvgIpc) is 2.36. The Hall–Kier alpha value is -1.07. The lowest BCUT2D eigenvalue weighted by Crippen LogP contribution is -2.32. The second kappa shape index (κ2) is 6.59. The molecule has 1 aliphatic rings. The summed E-state index contributed by atoms with van der Waals surface area (Å²) in [5.41, 5.74) is 7.00. The molecule has 0 radical (unpaired) electrons. The van der Waals surface area contributed by atoms with E-state index < -0.39 is 10.0 Å². The van der Waals surface area contributed by atoms with E-state index in [0.29, 0.717) is 24.1 Å². The fraction of sp³-hybridized carbons (Fsp3) is 0.600. The SMILES string of the molecule is CC1CCCC(CNS(=O)(=O)Cc2cccc(N)c2)C1. The Morgan fingerprint density at radius 1 is 1.35 bits per heavy atom. The van der Waals surface area contributed by atoms with E-state index in [9.17, 15) is 8.42 Å². The van der Waals surface area contributed by atoms with Gasteiger partial charge in [0.1, 0.15) is 0 Å². The van der Waals surface area contributed by atoms with E-state index in [2.05, 4.69) is 11.6 Å². The van der Waals surface area contributed by atoms with Crippen molar-refractivity contribution in [1.29, 1.82) is 0 Å². The van der Waals surface area contributed by atoms with Gasteiger partial charge in [0.2, 0.25) is 10.0 Å². The molecule has 0 spiro atoms. The molecule has 0 amide bonds. The maximum Gasteiger partial charge on any atom is 0.215 e. The molecule has 1 fully saturated rings. The molecule has 1 aromatic carbocycles. The van der Waals surface area contributed by atoms with E-state index in [1.165, 1.54) is 12.8 Å². The highest BCUT2D eigenvalue weighted by Crippen LogP contribution is 2.28. The number of nitrogens with two attached hydrogens (primary N) is 1. The smallest absolute Gasteiger partial charge is 0.215 e. The van der Waals surface area contributed by atoms with E-state index in [4.69, 9.17) is 5.73 Å². The maximum atomic E-state index is 12.1. The topological polar surface area (TPSA) is 72.2 Å². The second-order valence-electron chi connectivity index (χ2n) is 5.99. The van der Waals surface area contributed by atoms with Gasteiger partial charge in [-0.05, 0) is 42.4 Å². The molecule has 3 N–H and O–H groups in total. The fourth-order valence-electron chi connectivity index (χ4n) is 2.94. The van der Waals surface area contributed by atoms with Crippen LogP contribution in [0.3, 0.4) is 0 Å². The third kappa shape index (κ3) is 4.80. The van der Waals surface area contributed by atoms with Gasteiger partial charge in [-0.3, -0.25) is 0 Å². The molecule has 2 rings (SSSR count). The molecule has 2 unspecified atom stereocenters. The lowest BCUT2D eigenvalue weighted by atomic mass is 9.83. The van der Waals surface area contributed by atoms with Crippen LogP contribution in [-0.4, -0.2) is 15.0 Å². The molecule has 112 valence electrons. The molecule has 1 aromatic rings. The molecule has 4 nitrogen and oxygen atoms in total. The van der Waals surface area contributed by atoms with Gasteiger partial charge in [0.15, 0.2) is 0 Å². The van der Waals surface area contributed by atoms with Crippen molar-refractivity contribution in [2.75, 3.05) is 12.3 Å². The number of benzene rings is 1. The molecule has 0 aliphatic heterocycles. The molecule has 1 saturated carbocycles. The van der Waals surface area contributed by atoms with Crippen LogP contribution in [-0.2, 0) is 15.8 Å². The van der Waals surface area contributed by atoms with Crippen LogP contribution < -0.4 is 10.5 Å². The summed E-state index contributed by atoms with van der Waals surface area (Å²) in [5.74, 6) is 1.20. The Balaban J connectivity index is 1.87. The summed E-state index contributed by atoms with van der Waals surface area (Å²) in [6, 6.07) is 7.04. The van der Waals surface area contributed by atoms with Crippen LogP contribution in [0.2, 0.25) is 0 Å². The molecule has 20 heavy (non-hydrogen) atoms. The lowest BCUT2D eigenvalue weighted by molar-refractivity contribution is 0.283. The van der Waals surface area contributed by atoms with Gasteiger partial charge in [0.25, 0.3) is 0 Å². The van der Waals surface area contributed by atoms with Crippen molar-refractivity contribution < 1.29 is 8.42 Å². The van der Waals surface area contributed by atoms with Gasteiger partial charge in [-0.2, -0.15) is 0 Å². The highest BCUT2D eigenvalue weighted by Gasteiger charge is 2.21.